The third-order valence-electron chi connectivity index (χ3n) is 4.32. The first kappa shape index (κ1) is 13.8. The molecule has 2 heterocycles. The second-order valence-corrected chi connectivity index (χ2v) is 5.83. The fourth-order valence-corrected chi connectivity index (χ4v) is 2.98. The standard InChI is InChI=1S/C18H17N3O2/c19-18-14-10-13(4-5-15(14)20-21-18)16(22)6-2-11-1-3-12-7-8-23-17(12)9-11/h1,3-5,9-10H,2,6-8H2,(H3,19,20,21). The smallest absolute Gasteiger partial charge is 0.163 e. The first-order chi connectivity index (χ1) is 11.2. The van der Waals surface area contributed by atoms with E-state index in [4.69, 9.17) is 10.5 Å². The van der Waals surface area contributed by atoms with Gasteiger partial charge in [-0.3, -0.25) is 9.89 Å². The number of H-pyrrole nitrogens is 1. The topological polar surface area (TPSA) is 81.0 Å². The van der Waals surface area contributed by atoms with Crippen molar-refractivity contribution >= 4 is 22.5 Å². The van der Waals surface area contributed by atoms with E-state index in [0.717, 1.165) is 35.2 Å². The molecular weight excluding hydrogens is 290 g/mol. The molecule has 3 aromatic rings. The Morgan fingerprint density at radius 2 is 2.17 bits per heavy atom. The summed E-state index contributed by atoms with van der Waals surface area (Å²) in [6.07, 6.45) is 2.14. The van der Waals surface area contributed by atoms with Gasteiger partial charge in [0.25, 0.3) is 0 Å². The molecule has 2 aromatic carbocycles. The number of fused-ring (bicyclic) bond motifs is 2. The molecule has 1 aliphatic heterocycles. The number of hydrogen-bond acceptors (Lipinski definition) is 4. The Morgan fingerprint density at radius 1 is 1.26 bits per heavy atom. The van der Waals surface area contributed by atoms with Gasteiger partial charge in [-0.15, -0.1) is 0 Å². The third kappa shape index (κ3) is 2.54. The molecule has 4 rings (SSSR count). The quantitative estimate of drug-likeness (QED) is 0.726. The molecule has 0 amide bonds. The van der Waals surface area contributed by atoms with Crippen molar-refractivity contribution in [1.29, 1.82) is 0 Å². The summed E-state index contributed by atoms with van der Waals surface area (Å²) in [5.74, 6) is 1.49. The van der Waals surface area contributed by atoms with Crippen LogP contribution in [0.15, 0.2) is 36.4 Å². The van der Waals surface area contributed by atoms with Gasteiger partial charge in [-0.05, 0) is 41.8 Å². The molecule has 23 heavy (non-hydrogen) atoms. The van der Waals surface area contributed by atoms with Crippen molar-refractivity contribution < 1.29 is 9.53 Å². The van der Waals surface area contributed by atoms with E-state index < -0.39 is 0 Å². The Morgan fingerprint density at radius 3 is 3.09 bits per heavy atom. The molecule has 0 bridgehead atoms. The second kappa shape index (κ2) is 5.43. The number of Topliss-reactive ketones (excluding diaryl/α,β-unsaturated/α-hetero) is 1. The molecule has 0 aliphatic carbocycles. The number of carbonyl (C=O) groups excluding carboxylic acids is 1. The minimum atomic E-state index is 0.105. The zero-order chi connectivity index (χ0) is 15.8. The molecule has 0 unspecified atom stereocenters. The average molecular weight is 307 g/mol. The molecule has 1 aromatic heterocycles. The number of ether oxygens (including phenoxy) is 1. The molecule has 0 saturated carbocycles. The number of rotatable bonds is 4. The van der Waals surface area contributed by atoms with E-state index in [1.54, 1.807) is 0 Å². The van der Waals surface area contributed by atoms with Gasteiger partial charge in [0.1, 0.15) is 5.75 Å². The van der Waals surface area contributed by atoms with Gasteiger partial charge < -0.3 is 10.5 Å². The maximum Gasteiger partial charge on any atom is 0.163 e. The van der Waals surface area contributed by atoms with Crippen molar-refractivity contribution in [2.24, 2.45) is 0 Å². The van der Waals surface area contributed by atoms with E-state index in [1.165, 1.54) is 5.56 Å². The minimum absolute atomic E-state index is 0.105. The SMILES string of the molecule is Nc1n[nH]c2ccc(C(=O)CCc3ccc4c(c3)OCC4)cc12. The maximum atomic E-state index is 12.4. The highest BCUT2D eigenvalue weighted by molar-refractivity contribution is 6.01. The van der Waals surface area contributed by atoms with Crippen LogP contribution in [0.25, 0.3) is 10.9 Å². The van der Waals surface area contributed by atoms with Crippen LogP contribution < -0.4 is 10.5 Å². The van der Waals surface area contributed by atoms with Gasteiger partial charge in [-0.2, -0.15) is 5.10 Å². The molecule has 0 atom stereocenters. The first-order valence-corrected chi connectivity index (χ1v) is 7.72. The molecule has 0 fully saturated rings. The van der Waals surface area contributed by atoms with Gasteiger partial charge >= 0.3 is 0 Å². The van der Waals surface area contributed by atoms with Crippen LogP contribution in [-0.2, 0) is 12.8 Å². The summed E-state index contributed by atoms with van der Waals surface area (Å²) >= 11 is 0. The Bertz CT molecular complexity index is 898. The summed E-state index contributed by atoms with van der Waals surface area (Å²) in [7, 11) is 0. The lowest BCUT2D eigenvalue weighted by Gasteiger charge is -2.05. The average Bonchev–Trinajstić information content (AvgIpc) is 3.18. The fourth-order valence-electron chi connectivity index (χ4n) is 2.98. The number of hydrogen-bond donors (Lipinski definition) is 2. The molecule has 0 radical (unpaired) electrons. The summed E-state index contributed by atoms with van der Waals surface area (Å²) in [6.45, 7) is 0.754. The van der Waals surface area contributed by atoms with E-state index in [1.807, 2.05) is 24.3 Å². The summed E-state index contributed by atoms with van der Waals surface area (Å²) in [5, 5.41) is 7.58. The Kier molecular flexibility index (Phi) is 3.26. The van der Waals surface area contributed by atoms with Crippen LogP contribution in [-0.4, -0.2) is 22.6 Å². The maximum absolute atomic E-state index is 12.4. The van der Waals surface area contributed by atoms with Crippen LogP contribution in [0.1, 0.15) is 27.9 Å². The van der Waals surface area contributed by atoms with Crippen molar-refractivity contribution in [1.82, 2.24) is 10.2 Å². The number of nitrogen functional groups attached to an aromatic ring is 1. The molecule has 0 saturated heterocycles. The molecule has 116 valence electrons. The van der Waals surface area contributed by atoms with Gasteiger partial charge in [-0.25, -0.2) is 0 Å². The van der Waals surface area contributed by atoms with Crippen molar-refractivity contribution in [3.8, 4) is 5.75 Å². The predicted molar refractivity (Wildman–Crippen MR) is 88.8 cm³/mol. The largest absolute Gasteiger partial charge is 0.493 e. The number of nitrogens with zero attached hydrogens (tertiary/aromatic N) is 1. The fraction of sp³-hybridized carbons (Fsp3) is 0.222. The van der Waals surface area contributed by atoms with Crippen LogP contribution in [0, 0.1) is 0 Å². The Hall–Kier alpha value is -2.82. The third-order valence-corrected chi connectivity index (χ3v) is 4.32. The van der Waals surface area contributed by atoms with E-state index in [2.05, 4.69) is 22.3 Å². The first-order valence-electron chi connectivity index (χ1n) is 7.72. The summed E-state index contributed by atoms with van der Waals surface area (Å²) in [4.78, 5) is 12.4. The van der Waals surface area contributed by atoms with Crippen LogP contribution in [0.4, 0.5) is 5.82 Å². The van der Waals surface area contributed by atoms with Crippen molar-refractivity contribution in [3.05, 3.63) is 53.1 Å². The predicted octanol–water partition coefficient (Wildman–Crippen LogP) is 2.90. The highest BCUT2D eigenvalue weighted by Gasteiger charge is 2.13. The van der Waals surface area contributed by atoms with Crippen LogP contribution in [0.2, 0.25) is 0 Å². The van der Waals surface area contributed by atoms with Gasteiger partial charge in [0.05, 0.1) is 12.1 Å². The lowest BCUT2D eigenvalue weighted by atomic mass is 10.0. The van der Waals surface area contributed by atoms with Gasteiger partial charge in [-0.1, -0.05) is 12.1 Å². The van der Waals surface area contributed by atoms with Gasteiger partial charge in [0, 0.05) is 23.8 Å². The van der Waals surface area contributed by atoms with E-state index in [-0.39, 0.29) is 5.78 Å². The molecule has 0 spiro atoms. The number of aromatic amines is 1. The number of nitrogens with two attached hydrogens (primary N) is 1. The second-order valence-electron chi connectivity index (χ2n) is 5.83. The molecule has 5 nitrogen and oxygen atoms in total. The van der Waals surface area contributed by atoms with Gasteiger partial charge in [0.2, 0.25) is 0 Å². The number of carbonyl (C=O) groups is 1. The highest BCUT2D eigenvalue weighted by Crippen LogP contribution is 2.27. The lowest BCUT2D eigenvalue weighted by Crippen LogP contribution is -2.01. The zero-order valence-corrected chi connectivity index (χ0v) is 12.6. The summed E-state index contributed by atoms with van der Waals surface area (Å²) in [5.41, 5.74) is 9.69. The number of aryl methyl sites for hydroxylation is 1. The molecule has 5 heteroatoms. The monoisotopic (exact) mass is 307 g/mol. The van der Waals surface area contributed by atoms with Crippen LogP contribution in [0.3, 0.4) is 0 Å². The molecular formula is C18H17N3O2. The van der Waals surface area contributed by atoms with E-state index >= 15 is 0 Å². The number of nitrogens with one attached hydrogen (secondary N) is 1. The normalized spacial score (nSPS) is 13.0. The number of ketones is 1. The number of benzene rings is 2. The minimum Gasteiger partial charge on any atom is -0.493 e. The van der Waals surface area contributed by atoms with Crippen molar-refractivity contribution in [3.63, 3.8) is 0 Å². The summed E-state index contributed by atoms with van der Waals surface area (Å²) < 4.78 is 5.57. The van der Waals surface area contributed by atoms with E-state index in [0.29, 0.717) is 24.2 Å². The Balaban J connectivity index is 1.49. The highest BCUT2D eigenvalue weighted by atomic mass is 16.5. The number of aromatic nitrogens is 2. The van der Waals surface area contributed by atoms with Crippen molar-refractivity contribution in [2.75, 3.05) is 12.3 Å². The summed E-state index contributed by atoms with van der Waals surface area (Å²) in [6, 6.07) is 11.7. The van der Waals surface area contributed by atoms with Crippen LogP contribution >= 0.6 is 0 Å². The number of anilines is 1. The molecule has 3 N–H and O–H groups in total. The van der Waals surface area contributed by atoms with E-state index in [9.17, 15) is 4.79 Å². The Labute approximate surface area is 133 Å². The van der Waals surface area contributed by atoms with Gasteiger partial charge in [0.15, 0.2) is 11.6 Å². The lowest BCUT2D eigenvalue weighted by molar-refractivity contribution is 0.0983. The molecule has 1 aliphatic rings. The van der Waals surface area contributed by atoms with Crippen LogP contribution in [0.5, 0.6) is 5.75 Å². The zero-order valence-electron chi connectivity index (χ0n) is 12.6. The van der Waals surface area contributed by atoms with Crippen molar-refractivity contribution in [2.45, 2.75) is 19.3 Å².